The minimum absolute atomic E-state index is 0.0420. The predicted octanol–water partition coefficient (Wildman–Crippen LogP) is 3.44. The Labute approximate surface area is 192 Å². The molecule has 10 nitrogen and oxygen atoms in total. The molecule has 0 N–H and O–H groups in total. The van der Waals surface area contributed by atoms with Crippen LogP contribution >= 0.6 is 0 Å². The molecule has 6 rings (SSSR count). The molecule has 34 heavy (non-hydrogen) atoms. The van der Waals surface area contributed by atoms with E-state index in [0.717, 1.165) is 22.8 Å². The Morgan fingerprint density at radius 1 is 1.12 bits per heavy atom. The van der Waals surface area contributed by atoms with E-state index in [0.29, 0.717) is 35.3 Å². The number of aromatic nitrogens is 7. The number of para-hydroxylation sites is 1. The van der Waals surface area contributed by atoms with Gasteiger partial charge in [-0.05, 0) is 24.3 Å². The molecule has 0 spiro atoms. The van der Waals surface area contributed by atoms with Crippen molar-refractivity contribution in [3.8, 4) is 34.4 Å². The summed E-state index contributed by atoms with van der Waals surface area (Å²) in [5.74, 6) is 1.21. The van der Waals surface area contributed by atoms with Gasteiger partial charge in [0.05, 0.1) is 29.9 Å². The van der Waals surface area contributed by atoms with Gasteiger partial charge < -0.3 is 14.0 Å². The van der Waals surface area contributed by atoms with Crippen LogP contribution in [0.25, 0.3) is 22.9 Å². The van der Waals surface area contributed by atoms with Crippen molar-refractivity contribution in [3.05, 3.63) is 77.6 Å². The molecular formula is C23H18FN7O3. The van der Waals surface area contributed by atoms with Crippen LogP contribution in [0.4, 0.5) is 4.39 Å². The average molecular weight is 459 g/mol. The van der Waals surface area contributed by atoms with Gasteiger partial charge in [-0.1, -0.05) is 22.5 Å². The van der Waals surface area contributed by atoms with E-state index < -0.39 is 5.82 Å². The number of hydrogen-bond donors (Lipinski definition) is 0. The molecule has 0 unspecified atom stereocenters. The molecule has 11 heteroatoms. The summed E-state index contributed by atoms with van der Waals surface area (Å²) >= 11 is 0. The van der Waals surface area contributed by atoms with E-state index in [1.807, 2.05) is 22.8 Å². The highest BCUT2D eigenvalue weighted by Gasteiger charge is 2.28. The number of rotatable bonds is 5. The highest BCUT2D eigenvalue weighted by molar-refractivity contribution is 5.63. The van der Waals surface area contributed by atoms with E-state index >= 15 is 0 Å². The van der Waals surface area contributed by atoms with E-state index in [2.05, 4.69) is 25.4 Å². The topological polar surface area (TPSA) is 106 Å². The van der Waals surface area contributed by atoms with Gasteiger partial charge >= 0.3 is 0 Å². The van der Waals surface area contributed by atoms with Crippen LogP contribution in [-0.2, 0) is 13.0 Å². The highest BCUT2D eigenvalue weighted by atomic mass is 19.1. The van der Waals surface area contributed by atoms with Gasteiger partial charge in [0.2, 0.25) is 11.7 Å². The third-order valence-electron chi connectivity index (χ3n) is 5.66. The molecule has 0 bridgehead atoms. The largest absolute Gasteiger partial charge is 0.497 e. The fourth-order valence-corrected chi connectivity index (χ4v) is 4.02. The normalized spacial score (nSPS) is 12.0. The zero-order chi connectivity index (χ0) is 23.2. The lowest BCUT2D eigenvalue weighted by Crippen LogP contribution is -2.06. The minimum atomic E-state index is -0.441. The molecule has 3 aromatic heterocycles. The molecule has 0 aliphatic carbocycles. The van der Waals surface area contributed by atoms with Crippen molar-refractivity contribution in [1.82, 2.24) is 34.7 Å². The van der Waals surface area contributed by atoms with E-state index in [1.165, 1.54) is 6.07 Å². The van der Waals surface area contributed by atoms with Crippen LogP contribution in [0.5, 0.6) is 11.5 Å². The molecule has 5 aromatic rings. The monoisotopic (exact) mass is 459 g/mol. The molecule has 1 aliphatic heterocycles. The Morgan fingerprint density at radius 2 is 2.00 bits per heavy atom. The van der Waals surface area contributed by atoms with Gasteiger partial charge in [-0.25, -0.2) is 14.1 Å². The third-order valence-corrected chi connectivity index (χ3v) is 5.66. The lowest BCUT2D eigenvalue weighted by Gasteiger charge is -2.11. The Balaban J connectivity index is 1.49. The van der Waals surface area contributed by atoms with E-state index in [4.69, 9.17) is 14.0 Å². The van der Waals surface area contributed by atoms with Gasteiger partial charge in [0.1, 0.15) is 30.1 Å². The lowest BCUT2D eigenvalue weighted by atomic mass is 10.1. The Morgan fingerprint density at radius 3 is 2.79 bits per heavy atom. The number of methoxy groups -OCH3 is 1. The fourth-order valence-electron chi connectivity index (χ4n) is 4.02. The van der Waals surface area contributed by atoms with Gasteiger partial charge in [0.25, 0.3) is 0 Å². The van der Waals surface area contributed by atoms with E-state index in [-0.39, 0.29) is 12.4 Å². The first-order valence-corrected chi connectivity index (χ1v) is 10.5. The molecule has 170 valence electrons. The minimum Gasteiger partial charge on any atom is -0.497 e. The summed E-state index contributed by atoms with van der Waals surface area (Å²) in [6.45, 7) is 1.77. The fraction of sp³-hybridized carbons (Fsp3) is 0.174. The number of hydrogen-bond acceptors (Lipinski definition) is 8. The SMILES string of the molecule is COc1ccc2c(c1)-n1nnc(COc3ccccc3F)c1Cc1c(-c3noc(C)n3)ncn1-2. The molecule has 0 radical (unpaired) electrons. The summed E-state index contributed by atoms with van der Waals surface area (Å²) in [6, 6.07) is 11.9. The number of ether oxygens (including phenoxy) is 2. The first-order chi connectivity index (χ1) is 16.6. The van der Waals surface area contributed by atoms with Gasteiger partial charge in [-0.2, -0.15) is 4.98 Å². The van der Waals surface area contributed by atoms with Crippen LogP contribution in [-0.4, -0.2) is 41.8 Å². The predicted molar refractivity (Wildman–Crippen MR) is 117 cm³/mol. The van der Waals surface area contributed by atoms with Crippen molar-refractivity contribution in [2.24, 2.45) is 0 Å². The molecule has 4 heterocycles. The summed E-state index contributed by atoms with van der Waals surface area (Å²) in [7, 11) is 1.60. The van der Waals surface area contributed by atoms with Gasteiger partial charge in [-0.3, -0.25) is 4.57 Å². The maximum absolute atomic E-state index is 14.1. The second-order valence-corrected chi connectivity index (χ2v) is 7.69. The summed E-state index contributed by atoms with van der Waals surface area (Å²) in [5, 5.41) is 12.8. The number of fused-ring (bicyclic) bond motifs is 5. The van der Waals surface area contributed by atoms with Gasteiger partial charge in [-0.15, -0.1) is 5.10 Å². The Hall–Kier alpha value is -4.54. The zero-order valence-corrected chi connectivity index (χ0v) is 18.3. The Bertz CT molecular complexity index is 1520. The quantitative estimate of drug-likeness (QED) is 0.386. The van der Waals surface area contributed by atoms with E-state index in [9.17, 15) is 4.39 Å². The van der Waals surface area contributed by atoms with E-state index in [1.54, 1.807) is 43.2 Å². The number of aryl methyl sites for hydroxylation is 1. The van der Waals surface area contributed by atoms with Crippen molar-refractivity contribution in [2.75, 3.05) is 7.11 Å². The first-order valence-electron chi connectivity index (χ1n) is 10.5. The third kappa shape index (κ3) is 3.20. The van der Waals surface area contributed by atoms with Gasteiger partial charge in [0.15, 0.2) is 11.6 Å². The molecule has 0 amide bonds. The maximum atomic E-state index is 14.1. The number of benzene rings is 2. The van der Waals surface area contributed by atoms with Crippen molar-refractivity contribution < 1.29 is 18.4 Å². The molecule has 2 aromatic carbocycles. The van der Waals surface area contributed by atoms with Gasteiger partial charge in [0, 0.05) is 19.4 Å². The zero-order valence-electron chi connectivity index (χ0n) is 18.3. The summed E-state index contributed by atoms with van der Waals surface area (Å²) in [6.07, 6.45) is 2.12. The lowest BCUT2D eigenvalue weighted by molar-refractivity contribution is 0.285. The molecule has 0 fully saturated rings. The number of nitrogens with zero attached hydrogens (tertiary/aromatic N) is 7. The van der Waals surface area contributed by atoms with Crippen LogP contribution in [0, 0.1) is 12.7 Å². The molecular weight excluding hydrogens is 441 g/mol. The smallest absolute Gasteiger partial charge is 0.223 e. The van der Waals surface area contributed by atoms with Crippen molar-refractivity contribution in [2.45, 2.75) is 20.0 Å². The standard InChI is InChI=1S/C23H18FN7O3/c1-13-26-23(28-34-13)22-20-10-18-16(11-33-21-6-4-3-5-15(21)24)27-29-31(18)19-9-14(32-2)7-8-17(19)30(20)12-25-22/h3-9,12H,10-11H2,1-2H3. The van der Waals surface area contributed by atoms with Crippen molar-refractivity contribution in [3.63, 3.8) is 0 Å². The molecule has 1 aliphatic rings. The summed E-state index contributed by atoms with van der Waals surface area (Å²) < 4.78 is 34.1. The number of halogens is 1. The summed E-state index contributed by atoms with van der Waals surface area (Å²) in [4.78, 5) is 8.92. The summed E-state index contributed by atoms with van der Waals surface area (Å²) in [5.41, 5.74) is 4.36. The number of imidazole rings is 1. The van der Waals surface area contributed by atoms with Crippen LogP contribution in [0.2, 0.25) is 0 Å². The van der Waals surface area contributed by atoms with Crippen LogP contribution < -0.4 is 9.47 Å². The molecule has 0 atom stereocenters. The maximum Gasteiger partial charge on any atom is 0.223 e. The van der Waals surface area contributed by atoms with Crippen molar-refractivity contribution in [1.29, 1.82) is 0 Å². The van der Waals surface area contributed by atoms with Crippen molar-refractivity contribution >= 4 is 0 Å². The highest BCUT2D eigenvalue weighted by Crippen LogP contribution is 2.34. The van der Waals surface area contributed by atoms with Crippen LogP contribution in [0.1, 0.15) is 23.0 Å². The second-order valence-electron chi connectivity index (χ2n) is 7.69. The second kappa shape index (κ2) is 7.80. The van der Waals surface area contributed by atoms with Crippen LogP contribution in [0.3, 0.4) is 0 Å². The van der Waals surface area contributed by atoms with Crippen LogP contribution in [0.15, 0.2) is 53.3 Å². The first kappa shape index (κ1) is 20.1. The average Bonchev–Trinajstić information content (AvgIpc) is 3.55. The Kier molecular flexibility index (Phi) is 4.61. The molecule has 0 saturated heterocycles. The molecule has 0 saturated carbocycles.